The summed E-state index contributed by atoms with van der Waals surface area (Å²) >= 11 is 6.14. The van der Waals surface area contributed by atoms with Gasteiger partial charge in [0.1, 0.15) is 11.0 Å². The molecule has 0 fully saturated rings. The molecule has 2 aromatic heterocycles. The maximum absolute atomic E-state index is 6.14. The number of hydrogen-bond acceptors (Lipinski definition) is 4. The van der Waals surface area contributed by atoms with Gasteiger partial charge in [-0.1, -0.05) is 25.4 Å². The van der Waals surface area contributed by atoms with Crippen LogP contribution in [0.5, 0.6) is 0 Å². The predicted octanol–water partition coefficient (Wildman–Crippen LogP) is 2.10. The second-order valence-corrected chi connectivity index (χ2v) is 5.38. The molecule has 0 atom stereocenters. The molecular formula is C12H18ClN5. The topological polar surface area (TPSA) is 46.8 Å². The van der Waals surface area contributed by atoms with Gasteiger partial charge in [-0.2, -0.15) is 5.10 Å². The van der Waals surface area contributed by atoms with E-state index >= 15 is 0 Å². The summed E-state index contributed by atoms with van der Waals surface area (Å²) in [5.41, 5.74) is 0.781. The van der Waals surface area contributed by atoms with Gasteiger partial charge in [0.05, 0.1) is 18.1 Å². The lowest BCUT2D eigenvalue weighted by atomic mass is 10.2. The Morgan fingerprint density at radius 1 is 1.39 bits per heavy atom. The Morgan fingerprint density at radius 2 is 2.11 bits per heavy atom. The maximum Gasteiger partial charge on any atom is 0.162 e. The lowest BCUT2D eigenvalue weighted by molar-refractivity contribution is 0.282. The van der Waals surface area contributed by atoms with Gasteiger partial charge < -0.3 is 0 Å². The van der Waals surface area contributed by atoms with E-state index in [-0.39, 0.29) is 0 Å². The normalized spacial score (nSPS) is 11.9. The van der Waals surface area contributed by atoms with Crippen molar-refractivity contribution in [3.8, 4) is 0 Å². The Kier molecular flexibility index (Phi) is 3.82. The molecule has 0 saturated carbocycles. The van der Waals surface area contributed by atoms with Gasteiger partial charge in [0.25, 0.3) is 0 Å². The molecule has 0 amide bonds. The average molecular weight is 268 g/mol. The Labute approximate surface area is 112 Å². The highest BCUT2D eigenvalue weighted by atomic mass is 35.5. The van der Waals surface area contributed by atoms with E-state index in [1.54, 1.807) is 10.9 Å². The number of rotatable bonds is 4. The monoisotopic (exact) mass is 267 g/mol. The molecule has 0 saturated heterocycles. The molecule has 2 heterocycles. The van der Waals surface area contributed by atoms with Crippen LogP contribution < -0.4 is 0 Å². The molecule has 0 aromatic carbocycles. The molecule has 18 heavy (non-hydrogen) atoms. The van der Waals surface area contributed by atoms with E-state index in [4.69, 9.17) is 11.6 Å². The van der Waals surface area contributed by atoms with E-state index in [0.717, 1.165) is 23.4 Å². The van der Waals surface area contributed by atoms with E-state index in [2.05, 4.69) is 40.9 Å². The van der Waals surface area contributed by atoms with E-state index < -0.39 is 0 Å². The van der Waals surface area contributed by atoms with Crippen molar-refractivity contribution in [3.63, 3.8) is 0 Å². The van der Waals surface area contributed by atoms with Gasteiger partial charge in [0.2, 0.25) is 0 Å². The second-order valence-electron chi connectivity index (χ2n) is 5.03. The SMILES string of the molecule is CC(C)CN(C)Cc1nc(Cl)c2cnn(C)c2n1. The van der Waals surface area contributed by atoms with E-state index in [0.29, 0.717) is 17.6 Å². The molecule has 6 heteroatoms. The highest BCUT2D eigenvalue weighted by Crippen LogP contribution is 2.19. The van der Waals surface area contributed by atoms with Crippen molar-refractivity contribution >= 4 is 22.6 Å². The van der Waals surface area contributed by atoms with Crippen LogP contribution in [-0.4, -0.2) is 38.2 Å². The van der Waals surface area contributed by atoms with Crippen molar-refractivity contribution in [2.24, 2.45) is 13.0 Å². The summed E-state index contributed by atoms with van der Waals surface area (Å²) in [5.74, 6) is 1.35. The molecule has 0 N–H and O–H groups in total. The molecule has 98 valence electrons. The van der Waals surface area contributed by atoms with E-state index in [1.165, 1.54) is 0 Å². The molecule has 0 aliphatic rings. The van der Waals surface area contributed by atoms with Crippen LogP contribution in [0.3, 0.4) is 0 Å². The third-order valence-corrected chi connectivity index (χ3v) is 2.97. The fraction of sp³-hybridized carbons (Fsp3) is 0.583. The molecule has 0 radical (unpaired) electrons. The van der Waals surface area contributed by atoms with Gasteiger partial charge in [0, 0.05) is 13.6 Å². The van der Waals surface area contributed by atoms with Gasteiger partial charge in [-0.15, -0.1) is 0 Å². The first-order chi connectivity index (χ1) is 8.47. The summed E-state index contributed by atoms with van der Waals surface area (Å²) < 4.78 is 1.72. The quantitative estimate of drug-likeness (QED) is 0.796. The summed E-state index contributed by atoms with van der Waals surface area (Å²) in [4.78, 5) is 11.0. The molecule has 0 aliphatic carbocycles. The Balaban J connectivity index is 2.26. The average Bonchev–Trinajstić information content (AvgIpc) is 2.59. The Bertz CT molecular complexity index is 549. The molecular weight excluding hydrogens is 250 g/mol. The fourth-order valence-corrected chi connectivity index (χ4v) is 2.26. The maximum atomic E-state index is 6.14. The summed E-state index contributed by atoms with van der Waals surface area (Å²) in [7, 11) is 3.91. The molecule has 0 bridgehead atoms. The van der Waals surface area contributed by atoms with Crippen LogP contribution in [0, 0.1) is 5.92 Å². The minimum atomic E-state index is 0.473. The Morgan fingerprint density at radius 3 is 2.78 bits per heavy atom. The van der Waals surface area contributed by atoms with Gasteiger partial charge in [-0.25, -0.2) is 9.97 Å². The third-order valence-electron chi connectivity index (χ3n) is 2.68. The third kappa shape index (κ3) is 2.79. The first kappa shape index (κ1) is 13.2. The predicted molar refractivity (Wildman–Crippen MR) is 72.5 cm³/mol. The van der Waals surface area contributed by atoms with Crippen molar-refractivity contribution in [2.75, 3.05) is 13.6 Å². The van der Waals surface area contributed by atoms with Gasteiger partial charge >= 0.3 is 0 Å². The number of fused-ring (bicyclic) bond motifs is 1. The number of nitrogens with zero attached hydrogens (tertiary/aromatic N) is 5. The molecule has 2 rings (SSSR count). The molecule has 0 spiro atoms. The molecule has 0 unspecified atom stereocenters. The van der Waals surface area contributed by atoms with Crippen molar-refractivity contribution in [2.45, 2.75) is 20.4 Å². The van der Waals surface area contributed by atoms with Gasteiger partial charge in [0.15, 0.2) is 5.65 Å². The first-order valence-corrected chi connectivity index (χ1v) is 6.38. The van der Waals surface area contributed by atoms with Crippen LogP contribution in [0.25, 0.3) is 11.0 Å². The summed E-state index contributed by atoms with van der Waals surface area (Å²) in [6.45, 7) is 6.08. The molecule has 0 aliphatic heterocycles. The van der Waals surface area contributed by atoms with Crippen LogP contribution in [0.15, 0.2) is 6.20 Å². The summed E-state index contributed by atoms with van der Waals surface area (Å²) in [6.07, 6.45) is 1.69. The minimum Gasteiger partial charge on any atom is -0.299 e. The zero-order chi connectivity index (χ0) is 13.3. The highest BCUT2D eigenvalue weighted by molar-refractivity contribution is 6.33. The number of aromatic nitrogens is 4. The van der Waals surface area contributed by atoms with E-state index in [9.17, 15) is 0 Å². The summed E-state index contributed by atoms with van der Waals surface area (Å²) in [5, 5.41) is 5.41. The zero-order valence-electron chi connectivity index (χ0n) is 11.2. The van der Waals surface area contributed by atoms with Crippen LogP contribution in [-0.2, 0) is 13.6 Å². The highest BCUT2D eigenvalue weighted by Gasteiger charge is 2.11. The first-order valence-electron chi connectivity index (χ1n) is 6.00. The van der Waals surface area contributed by atoms with E-state index in [1.807, 2.05) is 7.05 Å². The van der Waals surface area contributed by atoms with Crippen molar-refractivity contribution < 1.29 is 0 Å². The number of aryl methyl sites for hydroxylation is 1. The molecule has 5 nitrogen and oxygen atoms in total. The van der Waals surface area contributed by atoms with Crippen LogP contribution in [0.1, 0.15) is 19.7 Å². The van der Waals surface area contributed by atoms with Gasteiger partial charge in [-0.05, 0) is 13.0 Å². The Hall–Kier alpha value is -1.20. The lowest BCUT2D eigenvalue weighted by Gasteiger charge is -2.17. The van der Waals surface area contributed by atoms with Crippen molar-refractivity contribution in [1.82, 2.24) is 24.6 Å². The number of halogens is 1. The smallest absolute Gasteiger partial charge is 0.162 e. The fourth-order valence-electron chi connectivity index (χ4n) is 2.03. The second kappa shape index (κ2) is 5.20. The standard InChI is InChI=1S/C12H18ClN5/c1-8(2)6-17(3)7-10-15-11(13)9-5-14-18(4)12(9)16-10/h5,8H,6-7H2,1-4H3. The van der Waals surface area contributed by atoms with Crippen LogP contribution in [0.4, 0.5) is 0 Å². The minimum absolute atomic E-state index is 0.473. The summed E-state index contributed by atoms with van der Waals surface area (Å²) in [6, 6.07) is 0. The van der Waals surface area contributed by atoms with Crippen LogP contribution >= 0.6 is 11.6 Å². The van der Waals surface area contributed by atoms with Crippen LogP contribution in [0.2, 0.25) is 5.15 Å². The molecule has 2 aromatic rings. The lowest BCUT2D eigenvalue weighted by Crippen LogP contribution is -2.24. The largest absolute Gasteiger partial charge is 0.299 e. The number of hydrogen-bond donors (Lipinski definition) is 0. The zero-order valence-corrected chi connectivity index (χ0v) is 11.9. The van der Waals surface area contributed by atoms with Crippen molar-refractivity contribution in [3.05, 3.63) is 17.2 Å². The van der Waals surface area contributed by atoms with Crippen molar-refractivity contribution in [1.29, 1.82) is 0 Å². The van der Waals surface area contributed by atoms with Gasteiger partial charge in [-0.3, -0.25) is 9.58 Å².